The molecule has 1 atom stereocenters. The summed E-state index contributed by atoms with van der Waals surface area (Å²) >= 11 is 0. The number of fused-ring (bicyclic) bond motifs is 1. The predicted octanol–water partition coefficient (Wildman–Crippen LogP) is 4.68. The molecule has 3 aliphatic rings. The number of carboxylic acid groups (broad SMARTS) is 1. The molecule has 0 bridgehead atoms. The van der Waals surface area contributed by atoms with Gasteiger partial charge in [0, 0.05) is 25.8 Å². The van der Waals surface area contributed by atoms with Crippen LogP contribution in [0.3, 0.4) is 0 Å². The molecule has 0 saturated heterocycles. The van der Waals surface area contributed by atoms with E-state index < -0.39 is 17.9 Å². The molecule has 0 spiro atoms. The van der Waals surface area contributed by atoms with E-state index in [1.165, 1.54) is 43.4 Å². The van der Waals surface area contributed by atoms with E-state index in [0.29, 0.717) is 12.8 Å². The first-order valence-electron chi connectivity index (χ1n) is 12.9. The molecule has 2 N–H and O–H groups in total. The maximum Gasteiger partial charge on any atom is 0.326 e. The van der Waals surface area contributed by atoms with Gasteiger partial charge in [0.25, 0.3) is 0 Å². The third kappa shape index (κ3) is 8.40. The van der Waals surface area contributed by atoms with Crippen LogP contribution in [0.5, 0.6) is 0 Å². The molecule has 36 heavy (non-hydrogen) atoms. The average molecular weight is 495 g/mol. The van der Waals surface area contributed by atoms with E-state index in [0.717, 1.165) is 22.5 Å². The second kappa shape index (κ2) is 14.3. The van der Waals surface area contributed by atoms with Gasteiger partial charge < -0.3 is 20.1 Å². The van der Waals surface area contributed by atoms with E-state index in [1.807, 2.05) is 48.6 Å². The number of allylic oxidation sites excluding steroid dienone is 5. The van der Waals surface area contributed by atoms with E-state index in [-0.39, 0.29) is 31.8 Å². The number of ether oxygens (including phenoxy) is 1. The summed E-state index contributed by atoms with van der Waals surface area (Å²) in [4.78, 5) is 37.8. The van der Waals surface area contributed by atoms with Crippen molar-refractivity contribution in [3.8, 4) is 0 Å². The number of methoxy groups -OCH3 is 1. The van der Waals surface area contributed by atoms with Gasteiger partial charge in [0.15, 0.2) is 0 Å². The minimum absolute atomic E-state index is 0.215. The molecule has 0 radical (unpaired) electrons. The van der Waals surface area contributed by atoms with Crippen molar-refractivity contribution in [2.75, 3.05) is 13.7 Å². The van der Waals surface area contributed by atoms with Crippen LogP contribution in [0.25, 0.3) is 0 Å². The molecule has 7 heteroatoms. The first-order chi connectivity index (χ1) is 17.5. The number of amides is 2. The Hall–Kier alpha value is -3.35. The first-order valence-corrected chi connectivity index (χ1v) is 12.9. The molecule has 0 aromatic heterocycles. The molecule has 2 aliphatic carbocycles. The fourth-order valence-corrected chi connectivity index (χ4v) is 4.66. The summed E-state index contributed by atoms with van der Waals surface area (Å²) in [6.45, 7) is 0.0150. The Morgan fingerprint density at radius 2 is 1.69 bits per heavy atom. The van der Waals surface area contributed by atoms with Crippen LogP contribution < -0.4 is 5.32 Å². The number of carbonyl (C=O) groups is 3. The second-order valence-electron chi connectivity index (χ2n) is 9.43. The molecule has 1 unspecified atom stereocenters. The Balaban J connectivity index is 0.000000526. The largest absolute Gasteiger partial charge is 0.501 e. The van der Waals surface area contributed by atoms with Gasteiger partial charge in [-0.05, 0) is 29.2 Å². The zero-order chi connectivity index (χ0) is 25.8. The Morgan fingerprint density at radius 3 is 2.33 bits per heavy atom. The van der Waals surface area contributed by atoms with Crippen LogP contribution >= 0.6 is 0 Å². The third-order valence-corrected chi connectivity index (χ3v) is 6.83. The van der Waals surface area contributed by atoms with Gasteiger partial charge in [0.05, 0.1) is 19.4 Å². The average Bonchev–Trinajstić information content (AvgIpc) is 3.16. The monoisotopic (exact) mass is 494 g/mol. The van der Waals surface area contributed by atoms with Crippen LogP contribution in [0.1, 0.15) is 68.9 Å². The van der Waals surface area contributed by atoms with Gasteiger partial charge in [-0.2, -0.15) is 0 Å². The highest BCUT2D eigenvalue weighted by Gasteiger charge is 2.34. The molecule has 1 aromatic carbocycles. The molecule has 1 aliphatic heterocycles. The molecule has 4 rings (SSSR count). The van der Waals surface area contributed by atoms with Gasteiger partial charge in [-0.15, -0.1) is 0 Å². The van der Waals surface area contributed by atoms with E-state index in [9.17, 15) is 19.5 Å². The highest BCUT2D eigenvalue weighted by atomic mass is 16.5. The number of hydrogen-bond donors (Lipinski definition) is 2. The number of carbonyl (C=O) groups excluding carboxylic acids is 2. The molecule has 7 nitrogen and oxygen atoms in total. The number of nitrogens with one attached hydrogen (secondary N) is 1. The normalized spacial score (nSPS) is 18.9. The zero-order valence-electron chi connectivity index (χ0n) is 21.2. The number of rotatable bonds is 7. The third-order valence-electron chi connectivity index (χ3n) is 6.83. The van der Waals surface area contributed by atoms with Crippen LogP contribution in [-0.2, 0) is 32.1 Å². The van der Waals surface area contributed by atoms with Crippen LogP contribution in [0.2, 0.25) is 0 Å². The summed E-state index contributed by atoms with van der Waals surface area (Å²) in [6.07, 6.45) is 18.5. The lowest BCUT2D eigenvalue weighted by Gasteiger charge is -2.34. The fraction of sp³-hybridized carbons (Fsp3) is 0.483. The summed E-state index contributed by atoms with van der Waals surface area (Å²) in [5, 5.41) is 12.2. The second-order valence-corrected chi connectivity index (χ2v) is 9.43. The van der Waals surface area contributed by atoms with Gasteiger partial charge in [0.2, 0.25) is 11.8 Å². The topological polar surface area (TPSA) is 95.9 Å². The van der Waals surface area contributed by atoms with Crippen molar-refractivity contribution in [1.82, 2.24) is 10.2 Å². The van der Waals surface area contributed by atoms with Crippen molar-refractivity contribution in [2.24, 2.45) is 0 Å². The lowest BCUT2D eigenvalue weighted by atomic mass is 9.94. The van der Waals surface area contributed by atoms with Crippen LogP contribution in [0.15, 0.2) is 59.9 Å². The predicted molar refractivity (Wildman–Crippen MR) is 139 cm³/mol. The standard InChI is InChI=1S/C23H26N2O5.C6H12/c1-30-19-8-4-5-16(9-11-19)10-12-21(26)24-14-22(27)25-15-18-7-3-2-6-17(18)13-20(25)23(28)29;1-2-4-6-5-3-1/h2-7,9,11,20H,8,10,12-15H2,1H3,(H,24,26)(H,28,29);1-6H2. The zero-order valence-corrected chi connectivity index (χ0v) is 21.2. The summed E-state index contributed by atoms with van der Waals surface area (Å²) in [7, 11) is 1.62. The van der Waals surface area contributed by atoms with Gasteiger partial charge in [0.1, 0.15) is 6.04 Å². The fourth-order valence-electron chi connectivity index (χ4n) is 4.66. The quantitative estimate of drug-likeness (QED) is 0.574. The van der Waals surface area contributed by atoms with Crippen LogP contribution in [0, 0.1) is 0 Å². The summed E-state index contributed by atoms with van der Waals surface area (Å²) in [5.74, 6) is -0.833. The maximum atomic E-state index is 12.7. The number of nitrogens with zero attached hydrogens (tertiary/aromatic N) is 1. The van der Waals surface area contributed by atoms with Gasteiger partial charge in [-0.1, -0.05) is 81.0 Å². The molecular formula is C29H38N2O5. The van der Waals surface area contributed by atoms with E-state index >= 15 is 0 Å². The molecule has 194 valence electrons. The van der Waals surface area contributed by atoms with E-state index in [4.69, 9.17) is 4.74 Å². The Labute approximate surface area is 213 Å². The van der Waals surface area contributed by atoms with Crippen molar-refractivity contribution in [3.63, 3.8) is 0 Å². The van der Waals surface area contributed by atoms with Crippen molar-refractivity contribution >= 4 is 17.8 Å². The number of hydrogen-bond acceptors (Lipinski definition) is 4. The summed E-state index contributed by atoms with van der Waals surface area (Å²) in [6, 6.07) is 6.58. The SMILES string of the molecule is C1CCCCC1.COC1=CC=C(CCC(=O)NCC(=O)N2Cc3ccccc3CC2C(=O)O)C=CC1. The van der Waals surface area contributed by atoms with Gasteiger partial charge in [-0.3, -0.25) is 9.59 Å². The summed E-state index contributed by atoms with van der Waals surface area (Å²) in [5.41, 5.74) is 2.88. The number of benzene rings is 1. The van der Waals surface area contributed by atoms with Crippen molar-refractivity contribution in [1.29, 1.82) is 0 Å². The van der Waals surface area contributed by atoms with Crippen LogP contribution in [-0.4, -0.2) is 47.5 Å². The maximum absolute atomic E-state index is 12.7. The number of aliphatic carboxylic acids is 1. The van der Waals surface area contributed by atoms with E-state index in [2.05, 4.69) is 5.32 Å². The lowest BCUT2D eigenvalue weighted by Crippen LogP contribution is -2.51. The molecule has 1 saturated carbocycles. The van der Waals surface area contributed by atoms with Crippen LogP contribution in [0.4, 0.5) is 0 Å². The Morgan fingerprint density at radius 1 is 1.03 bits per heavy atom. The molecule has 2 amide bonds. The van der Waals surface area contributed by atoms with Gasteiger partial charge >= 0.3 is 5.97 Å². The summed E-state index contributed by atoms with van der Waals surface area (Å²) < 4.78 is 5.22. The minimum atomic E-state index is -1.04. The molecule has 1 fully saturated rings. The Bertz CT molecular complexity index is 995. The van der Waals surface area contributed by atoms with Crippen molar-refractivity contribution < 1.29 is 24.2 Å². The smallest absolute Gasteiger partial charge is 0.326 e. The Kier molecular flexibility index (Phi) is 10.8. The van der Waals surface area contributed by atoms with Gasteiger partial charge in [-0.25, -0.2) is 4.79 Å². The molecule has 1 aromatic rings. The van der Waals surface area contributed by atoms with E-state index in [1.54, 1.807) is 7.11 Å². The number of carboxylic acids is 1. The highest BCUT2D eigenvalue weighted by molar-refractivity contribution is 5.88. The minimum Gasteiger partial charge on any atom is -0.501 e. The first kappa shape index (κ1) is 27.2. The van der Waals surface area contributed by atoms with Crippen molar-refractivity contribution in [2.45, 2.75) is 76.8 Å². The molecule has 1 heterocycles. The lowest BCUT2D eigenvalue weighted by molar-refractivity contribution is -0.151. The van der Waals surface area contributed by atoms with Crippen molar-refractivity contribution in [3.05, 3.63) is 71.0 Å². The molecular weight excluding hydrogens is 456 g/mol. The highest BCUT2D eigenvalue weighted by Crippen LogP contribution is 2.23.